The first-order valence-electron chi connectivity index (χ1n) is 1.97. The quantitative estimate of drug-likeness (QED) is 0.578. The zero-order valence-electron chi connectivity index (χ0n) is 4.29. The van der Waals surface area contributed by atoms with Crippen molar-refractivity contribution in [3.8, 4) is 0 Å². The number of aromatic amines is 1. The van der Waals surface area contributed by atoms with Crippen molar-refractivity contribution in [2.45, 2.75) is 6.92 Å². The second-order valence-electron chi connectivity index (χ2n) is 1.37. The standard InChI is InChI=1S/C4H6N2O.Ru/c1-3-2-5-4(7)6-3;/h2H,1H3,(H2,5,6,7);/q;+1/p-1. The first kappa shape index (κ1) is 7.63. The van der Waals surface area contributed by atoms with E-state index in [0.29, 0.717) is 0 Å². The summed E-state index contributed by atoms with van der Waals surface area (Å²) < 4.78 is 0. The van der Waals surface area contributed by atoms with Crippen molar-refractivity contribution < 1.29 is 19.5 Å². The maximum absolute atomic E-state index is 10.1. The Hall–Kier alpha value is -0.367. The van der Waals surface area contributed by atoms with Gasteiger partial charge in [-0.2, -0.15) is 0 Å². The van der Waals surface area contributed by atoms with E-state index in [1.54, 1.807) is 6.92 Å². The molecule has 0 saturated carbocycles. The Kier molecular flexibility index (Phi) is 2.69. The van der Waals surface area contributed by atoms with E-state index in [0.717, 1.165) is 5.69 Å². The summed E-state index contributed by atoms with van der Waals surface area (Å²) in [6, 6.07) is 0. The molecule has 0 amide bonds. The fraction of sp³-hybridized carbons (Fsp3) is 0.250. The largest absolute Gasteiger partial charge is 1.00 e. The molecule has 1 rings (SSSR count). The van der Waals surface area contributed by atoms with Crippen LogP contribution in [0.1, 0.15) is 5.69 Å². The van der Waals surface area contributed by atoms with Crippen LogP contribution in [0.15, 0.2) is 11.0 Å². The van der Waals surface area contributed by atoms with Crippen LogP contribution in [0.25, 0.3) is 0 Å². The normalized spacial score (nSPS) is 8.12. The molecule has 8 heavy (non-hydrogen) atoms. The van der Waals surface area contributed by atoms with Gasteiger partial charge in [-0.05, 0) is 6.92 Å². The summed E-state index contributed by atoms with van der Waals surface area (Å²) in [5.74, 6) is 0. The van der Waals surface area contributed by atoms with Crippen LogP contribution in [0.4, 0.5) is 0 Å². The van der Waals surface area contributed by atoms with Crippen LogP contribution >= 0.6 is 0 Å². The first-order chi connectivity index (χ1) is 3.29. The molecule has 0 aromatic carbocycles. The predicted molar refractivity (Wildman–Crippen MR) is 25.1 cm³/mol. The smallest absolute Gasteiger partial charge is 0.428 e. The number of aromatic nitrogens is 2. The molecule has 0 atom stereocenters. The zero-order chi connectivity index (χ0) is 5.28. The molecular formula is C4H5N2ORu. The van der Waals surface area contributed by atoms with Crippen molar-refractivity contribution in [3.05, 3.63) is 22.4 Å². The number of H-pyrrole nitrogens is 1. The molecule has 1 aromatic rings. The van der Waals surface area contributed by atoms with Gasteiger partial charge in [0.05, 0.1) is 0 Å². The second-order valence-corrected chi connectivity index (χ2v) is 1.37. The van der Waals surface area contributed by atoms with Crippen LogP contribution in [0.5, 0.6) is 0 Å². The fourth-order valence-electron chi connectivity index (χ4n) is 0.389. The Labute approximate surface area is 59.3 Å². The summed E-state index contributed by atoms with van der Waals surface area (Å²) in [7, 11) is 0. The van der Waals surface area contributed by atoms with Gasteiger partial charge < -0.3 is 9.97 Å². The summed E-state index contributed by atoms with van der Waals surface area (Å²) in [6.45, 7) is 1.79. The molecule has 1 N–H and O–H groups in total. The molecular weight excluding hydrogens is 193 g/mol. The van der Waals surface area contributed by atoms with Crippen molar-refractivity contribution in [1.29, 1.82) is 0 Å². The zero-order valence-corrected chi connectivity index (χ0v) is 6.02. The maximum Gasteiger partial charge on any atom is 1.00 e. The third-order valence-corrected chi connectivity index (χ3v) is 0.680. The molecule has 1 aromatic heterocycles. The van der Waals surface area contributed by atoms with Gasteiger partial charge in [0.25, 0.3) is 0 Å². The summed E-state index contributed by atoms with van der Waals surface area (Å²) in [5.41, 5.74) is 0.544. The minimum absolute atomic E-state index is 0. The van der Waals surface area contributed by atoms with E-state index < -0.39 is 0 Å². The van der Waals surface area contributed by atoms with Crippen LogP contribution in [-0.4, -0.2) is 4.98 Å². The predicted octanol–water partition coefficient (Wildman–Crippen LogP) is -0.362. The minimum atomic E-state index is -0.266. The molecule has 0 bridgehead atoms. The number of nitrogens with zero attached hydrogens (tertiary/aromatic N) is 1. The maximum atomic E-state index is 10.1. The monoisotopic (exact) mass is 199 g/mol. The van der Waals surface area contributed by atoms with Gasteiger partial charge in [0.2, 0.25) is 0 Å². The number of rotatable bonds is 0. The molecule has 1 heterocycles. The van der Waals surface area contributed by atoms with E-state index in [9.17, 15) is 4.79 Å². The van der Waals surface area contributed by atoms with Crippen LogP contribution < -0.4 is 10.7 Å². The van der Waals surface area contributed by atoms with Crippen molar-refractivity contribution in [1.82, 2.24) is 9.97 Å². The van der Waals surface area contributed by atoms with Crippen LogP contribution in [-0.2, 0) is 19.5 Å². The molecule has 0 saturated heterocycles. The van der Waals surface area contributed by atoms with Crippen LogP contribution in [0.3, 0.4) is 0 Å². The fourth-order valence-corrected chi connectivity index (χ4v) is 0.389. The van der Waals surface area contributed by atoms with Crippen molar-refractivity contribution in [3.63, 3.8) is 0 Å². The number of hydrogen-bond donors (Lipinski definition) is 1. The topological polar surface area (TPSA) is 47.0 Å². The van der Waals surface area contributed by atoms with Gasteiger partial charge in [-0.3, -0.25) is 4.79 Å². The summed E-state index contributed by atoms with van der Waals surface area (Å²) in [5, 5.41) is 0. The molecule has 0 aliphatic carbocycles. The van der Waals surface area contributed by atoms with Gasteiger partial charge in [0, 0.05) is 0 Å². The Bertz CT molecular complexity index is 202. The average Bonchev–Trinajstić information content (AvgIpc) is 1.87. The molecule has 0 fully saturated rings. The Morgan fingerprint density at radius 3 is 2.50 bits per heavy atom. The van der Waals surface area contributed by atoms with Crippen molar-refractivity contribution in [2.75, 3.05) is 0 Å². The Balaban J connectivity index is 0.000000490. The van der Waals surface area contributed by atoms with Gasteiger partial charge >= 0.3 is 19.5 Å². The molecule has 1 radical (unpaired) electrons. The molecule has 0 aliphatic heterocycles. The minimum Gasteiger partial charge on any atom is -0.428 e. The van der Waals surface area contributed by atoms with E-state index in [1.807, 2.05) is 0 Å². The molecule has 0 spiro atoms. The van der Waals surface area contributed by atoms with Gasteiger partial charge in [-0.15, -0.1) is 0 Å². The average molecular weight is 198 g/mol. The summed E-state index contributed by atoms with van der Waals surface area (Å²) in [4.78, 5) is 16.0. The molecule has 0 unspecified atom stereocenters. The molecule has 45 valence electrons. The van der Waals surface area contributed by atoms with E-state index in [1.165, 1.54) is 6.20 Å². The number of nitrogens with one attached hydrogen (secondary N) is 1. The molecule has 4 heteroatoms. The number of hydrogen-bond acceptors (Lipinski definition) is 1. The van der Waals surface area contributed by atoms with E-state index in [4.69, 9.17) is 0 Å². The van der Waals surface area contributed by atoms with E-state index in [-0.39, 0.29) is 25.2 Å². The SMILES string of the molecule is Cc1c[n-]c(=O)[nH]1.[Ru+]. The summed E-state index contributed by atoms with van der Waals surface area (Å²) in [6.07, 6.45) is 1.50. The van der Waals surface area contributed by atoms with Crippen LogP contribution in [0, 0.1) is 6.92 Å². The first-order valence-corrected chi connectivity index (χ1v) is 1.97. The van der Waals surface area contributed by atoms with Gasteiger partial charge in [-0.1, -0.05) is 11.9 Å². The molecule has 3 nitrogen and oxygen atoms in total. The summed E-state index contributed by atoms with van der Waals surface area (Å²) >= 11 is 0. The van der Waals surface area contributed by atoms with Crippen LogP contribution in [0.2, 0.25) is 0 Å². The van der Waals surface area contributed by atoms with E-state index >= 15 is 0 Å². The van der Waals surface area contributed by atoms with Gasteiger partial charge in [0.1, 0.15) is 0 Å². The third-order valence-electron chi connectivity index (χ3n) is 0.680. The van der Waals surface area contributed by atoms with Crippen molar-refractivity contribution in [2.24, 2.45) is 0 Å². The van der Waals surface area contributed by atoms with Crippen molar-refractivity contribution >= 4 is 0 Å². The second kappa shape index (κ2) is 2.82. The third kappa shape index (κ3) is 1.62. The molecule has 0 aliphatic rings. The van der Waals surface area contributed by atoms with Gasteiger partial charge in [0.15, 0.2) is 5.69 Å². The van der Waals surface area contributed by atoms with E-state index in [2.05, 4.69) is 9.97 Å². The number of imidazole rings is 1. The number of aryl methyl sites for hydroxylation is 1. The van der Waals surface area contributed by atoms with Gasteiger partial charge in [-0.25, -0.2) is 0 Å². The Morgan fingerprint density at radius 1 is 1.75 bits per heavy atom. The Morgan fingerprint density at radius 2 is 2.38 bits per heavy atom.